The minimum absolute atomic E-state index is 0.0673. The van der Waals surface area contributed by atoms with Gasteiger partial charge >= 0.3 is 0 Å². The summed E-state index contributed by atoms with van der Waals surface area (Å²) in [5.41, 5.74) is 7.95. The number of carbonyl (C=O) groups excluding carboxylic acids is 2. The lowest BCUT2D eigenvalue weighted by Gasteiger charge is -2.09. The number of rotatable bonds is 4. The number of benzene rings is 1. The zero-order valence-corrected chi connectivity index (χ0v) is 11.5. The Bertz CT molecular complexity index is 722. The minimum Gasteiger partial charge on any atom is -0.366 e. The lowest BCUT2D eigenvalue weighted by molar-refractivity contribution is -0.117. The number of nitrogens with two attached hydrogens (primary N) is 1. The average Bonchev–Trinajstić information content (AvgIpc) is 3.04. The second-order valence-corrected chi connectivity index (χ2v) is 4.79. The number of anilines is 1. The van der Waals surface area contributed by atoms with Crippen LogP contribution in [0.2, 0.25) is 0 Å². The predicted molar refractivity (Wildman–Crippen MR) is 77.1 cm³/mol. The van der Waals surface area contributed by atoms with Crippen molar-refractivity contribution in [3.05, 3.63) is 41.7 Å². The van der Waals surface area contributed by atoms with Gasteiger partial charge < -0.3 is 16.4 Å². The molecule has 0 spiro atoms. The van der Waals surface area contributed by atoms with Crippen LogP contribution in [0.15, 0.2) is 30.6 Å². The average molecular weight is 285 g/mol. The van der Waals surface area contributed by atoms with Gasteiger partial charge in [-0.3, -0.25) is 9.59 Å². The van der Waals surface area contributed by atoms with E-state index in [1.807, 2.05) is 25.1 Å². The first-order valence-corrected chi connectivity index (χ1v) is 6.63. The van der Waals surface area contributed by atoms with Crippen molar-refractivity contribution in [2.45, 2.75) is 13.0 Å². The van der Waals surface area contributed by atoms with E-state index in [4.69, 9.17) is 5.73 Å². The lowest BCUT2D eigenvalue weighted by atomic mass is 10.1. The molecule has 108 valence electrons. The molecule has 21 heavy (non-hydrogen) atoms. The Balaban J connectivity index is 1.95. The van der Waals surface area contributed by atoms with Gasteiger partial charge in [0.1, 0.15) is 6.04 Å². The van der Waals surface area contributed by atoms with Crippen molar-refractivity contribution >= 4 is 17.5 Å². The zero-order valence-electron chi connectivity index (χ0n) is 11.5. The molecule has 0 aliphatic carbocycles. The summed E-state index contributed by atoms with van der Waals surface area (Å²) in [5, 5.41) is 10.1. The second kappa shape index (κ2) is 5.02. The minimum atomic E-state index is -0.525. The standard InChI is InChI=1S/C14H15N5O2/c1-2-16-12-10-4-3-9(5-11(10)18-14(12)21)19-7-8(6-17-19)13(15)20/h3-7,12,16H,2H2,1H3,(H2,15,20)(H,18,21). The van der Waals surface area contributed by atoms with E-state index >= 15 is 0 Å². The Morgan fingerprint density at radius 1 is 1.52 bits per heavy atom. The van der Waals surface area contributed by atoms with E-state index in [1.54, 1.807) is 10.9 Å². The van der Waals surface area contributed by atoms with E-state index in [0.29, 0.717) is 12.1 Å². The molecule has 1 aromatic carbocycles. The molecular weight excluding hydrogens is 270 g/mol. The van der Waals surface area contributed by atoms with Crippen LogP contribution in [-0.2, 0) is 4.79 Å². The van der Waals surface area contributed by atoms with Crippen molar-refractivity contribution < 1.29 is 9.59 Å². The first-order valence-electron chi connectivity index (χ1n) is 6.63. The maximum Gasteiger partial charge on any atom is 0.251 e. The molecule has 1 atom stereocenters. The molecule has 1 aliphatic rings. The number of hydrogen-bond donors (Lipinski definition) is 3. The Morgan fingerprint density at radius 3 is 3.00 bits per heavy atom. The summed E-state index contributed by atoms with van der Waals surface area (Å²) in [6, 6.07) is 5.23. The van der Waals surface area contributed by atoms with Gasteiger partial charge in [0.05, 0.1) is 17.4 Å². The van der Waals surface area contributed by atoms with E-state index < -0.39 is 5.91 Å². The number of hydrogen-bond acceptors (Lipinski definition) is 4. The predicted octanol–water partition coefficient (Wildman–Crippen LogP) is 0.574. The molecule has 0 saturated heterocycles. The fraction of sp³-hybridized carbons (Fsp3) is 0.214. The molecular formula is C14H15N5O2. The van der Waals surface area contributed by atoms with Crippen LogP contribution in [0.25, 0.3) is 5.69 Å². The number of nitrogens with zero attached hydrogens (tertiary/aromatic N) is 2. The monoisotopic (exact) mass is 285 g/mol. The molecule has 3 rings (SSSR count). The molecule has 1 aromatic heterocycles. The molecule has 4 N–H and O–H groups in total. The fourth-order valence-electron chi connectivity index (χ4n) is 2.39. The van der Waals surface area contributed by atoms with E-state index in [2.05, 4.69) is 15.7 Å². The lowest BCUT2D eigenvalue weighted by Crippen LogP contribution is -2.27. The van der Waals surface area contributed by atoms with Crippen LogP contribution in [0.4, 0.5) is 5.69 Å². The van der Waals surface area contributed by atoms with Crippen molar-refractivity contribution in [1.82, 2.24) is 15.1 Å². The van der Waals surface area contributed by atoms with Crippen LogP contribution in [0.5, 0.6) is 0 Å². The smallest absolute Gasteiger partial charge is 0.251 e. The highest BCUT2D eigenvalue weighted by Gasteiger charge is 2.29. The first-order chi connectivity index (χ1) is 10.1. The summed E-state index contributed by atoms with van der Waals surface area (Å²) >= 11 is 0. The highest BCUT2D eigenvalue weighted by Crippen LogP contribution is 2.32. The maximum absolute atomic E-state index is 11.9. The van der Waals surface area contributed by atoms with Gasteiger partial charge in [-0.25, -0.2) is 4.68 Å². The summed E-state index contributed by atoms with van der Waals surface area (Å²) in [4.78, 5) is 23.0. The zero-order chi connectivity index (χ0) is 15.0. The fourth-order valence-corrected chi connectivity index (χ4v) is 2.39. The Kier molecular flexibility index (Phi) is 3.19. The molecule has 7 nitrogen and oxygen atoms in total. The number of nitrogens with one attached hydrogen (secondary N) is 2. The second-order valence-electron chi connectivity index (χ2n) is 4.79. The van der Waals surface area contributed by atoms with E-state index in [9.17, 15) is 9.59 Å². The quantitative estimate of drug-likeness (QED) is 0.764. The van der Waals surface area contributed by atoms with Crippen molar-refractivity contribution in [1.29, 1.82) is 0 Å². The number of primary amides is 1. The SMILES string of the molecule is CCNC1C(=O)Nc2cc(-n3cc(C(N)=O)cn3)ccc21. The van der Waals surface area contributed by atoms with Gasteiger partial charge in [-0.1, -0.05) is 13.0 Å². The number of carbonyl (C=O) groups is 2. The third kappa shape index (κ3) is 2.27. The third-order valence-corrected chi connectivity index (χ3v) is 3.41. The van der Waals surface area contributed by atoms with Crippen LogP contribution in [-0.4, -0.2) is 28.1 Å². The molecule has 0 radical (unpaired) electrons. The number of amides is 2. The van der Waals surface area contributed by atoms with Gasteiger partial charge in [-0.05, 0) is 18.7 Å². The van der Waals surface area contributed by atoms with Crippen LogP contribution < -0.4 is 16.4 Å². The van der Waals surface area contributed by atoms with Gasteiger partial charge in [0, 0.05) is 17.4 Å². The number of likely N-dealkylation sites (N-methyl/N-ethyl adjacent to an activating group) is 1. The first kappa shape index (κ1) is 13.3. The molecule has 0 bridgehead atoms. The molecule has 0 saturated carbocycles. The molecule has 2 heterocycles. The van der Waals surface area contributed by atoms with Crippen molar-refractivity contribution in [3.63, 3.8) is 0 Å². The summed E-state index contributed by atoms with van der Waals surface area (Å²) in [6.07, 6.45) is 2.97. The highest BCUT2D eigenvalue weighted by molar-refractivity contribution is 6.02. The molecule has 2 aromatic rings. The number of aromatic nitrogens is 2. The molecule has 1 aliphatic heterocycles. The number of fused-ring (bicyclic) bond motifs is 1. The topological polar surface area (TPSA) is 102 Å². The van der Waals surface area contributed by atoms with Gasteiger partial charge in [0.2, 0.25) is 5.91 Å². The van der Waals surface area contributed by atoms with Gasteiger partial charge in [0.25, 0.3) is 5.91 Å². The van der Waals surface area contributed by atoms with E-state index in [1.165, 1.54) is 6.20 Å². The molecule has 0 fully saturated rings. The molecule has 2 amide bonds. The van der Waals surface area contributed by atoms with Crippen LogP contribution in [0.3, 0.4) is 0 Å². The Labute approximate surface area is 121 Å². The summed E-state index contributed by atoms with van der Waals surface area (Å²) in [7, 11) is 0. The van der Waals surface area contributed by atoms with Crippen LogP contribution in [0, 0.1) is 0 Å². The Hall–Kier alpha value is -2.67. The normalized spacial score (nSPS) is 16.6. The summed E-state index contributed by atoms with van der Waals surface area (Å²) < 4.78 is 1.55. The summed E-state index contributed by atoms with van der Waals surface area (Å²) in [6.45, 7) is 2.66. The maximum atomic E-state index is 11.9. The molecule has 7 heteroatoms. The molecule has 1 unspecified atom stereocenters. The largest absolute Gasteiger partial charge is 0.366 e. The van der Waals surface area contributed by atoms with Crippen molar-refractivity contribution in [2.24, 2.45) is 5.73 Å². The van der Waals surface area contributed by atoms with Gasteiger partial charge in [0.15, 0.2) is 0 Å². The van der Waals surface area contributed by atoms with Crippen LogP contribution in [0.1, 0.15) is 28.9 Å². The van der Waals surface area contributed by atoms with Crippen molar-refractivity contribution in [2.75, 3.05) is 11.9 Å². The summed E-state index contributed by atoms with van der Waals surface area (Å²) in [5.74, 6) is -0.592. The Morgan fingerprint density at radius 2 is 2.33 bits per heavy atom. The van der Waals surface area contributed by atoms with E-state index in [-0.39, 0.29) is 11.9 Å². The van der Waals surface area contributed by atoms with Gasteiger partial charge in [-0.15, -0.1) is 0 Å². The van der Waals surface area contributed by atoms with Gasteiger partial charge in [-0.2, -0.15) is 5.10 Å². The van der Waals surface area contributed by atoms with E-state index in [0.717, 1.165) is 16.9 Å². The van der Waals surface area contributed by atoms with Crippen molar-refractivity contribution in [3.8, 4) is 5.69 Å². The highest BCUT2D eigenvalue weighted by atomic mass is 16.2. The third-order valence-electron chi connectivity index (χ3n) is 3.41. The van der Waals surface area contributed by atoms with Crippen LogP contribution >= 0.6 is 0 Å².